The van der Waals surface area contributed by atoms with Gasteiger partial charge in [0.05, 0.1) is 12.7 Å². The molecule has 2 N–H and O–H groups in total. The average molecular weight is 280 g/mol. The van der Waals surface area contributed by atoms with Crippen LogP contribution in [0, 0.1) is 11.8 Å². The topological polar surface area (TPSA) is 93.7 Å². The Hall–Kier alpha value is -1.88. The fourth-order valence-corrected chi connectivity index (χ4v) is 2.17. The van der Waals surface area contributed by atoms with Crippen LogP contribution in [0.3, 0.4) is 0 Å². The summed E-state index contributed by atoms with van der Waals surface area (Å²) in [5.74, 6) is 5.24. The van der Waals surface area contributed by atoms with Gasteiger partial charge in [-0.15, -0.1) is 5.92 Å². The lowest BCUT2D eigenvalue weighted by atomic mass is 10.2. The van der Waals surface area contributed by atoms with E-state index in [1.165, 1.54) is 17.8 Å². The Morgan fingerprint density at radius 1 is 1.50 bits per heavy atom. The zero-order valence-electron chi connectivity index (χ0n) is 11.2. The van der Waals surface area contributed by atoms with E-state index in [2.05, 4.69) is 11.8 Å². The van der Waals surface area contributed by atoms with E-state index in [9.17, 15) is 14.7 Å². The lowest BCUT2D eigenvalue weighted by Gasteiger charge is -2.15. The largest absolute Gasteiger partial charge is 0.394 e. The summed E-state index contributed by atoms with van der Waals surface area (Å²) in [6, 6.07) is 0. The lowest BCUT2D eigenvalue weighted by Crippen LogP contribution is -2.40. The Bertz CT molecular complexity index is 679. The van der Waals surface area contributed by atoms with Crippen LogP contribution in [0.2, 0.25) is 0 Å². The van der Waals surface area contributed by atoms with E-state index in [0.717, 1.165) is 4.57 Å². The van der Waals surface area contributed by atoms with Crippen LogP contribution in [0.25, 0.3) is 0 Å². The van der Waals surface area contributed by atoms with Gasteiger partial charge in [0.1, 0.15) is 17.9 Å². The van der Waals surface area contributed by atoms with Gasteiger partial charge < -0.3 is 14.9 Å². The summed E-state index contributed by atoms with van der Waals surface area (Å²) in [6.07, 6.45) is -0.806. The Morgan fingerprint density at radius 3 is 2.75 bits per heavy atom. The lowest BCUT2D eigenvalue weighted by molar-refractivity contribution is -0.0462. The number of nitrogens with zero attached hydrogens (tertiary/aromatic N) is 2. The molecule has 1 aromatic rings. The van der Waals surface area contributed by atoms with Crippen LogP contribution in [-0.2, 0) is 11.8 Å². The minimum Gasteiger partial charge on any atom is -0.394 e. The summed E-state index contributed by atoms with van der Waals surface area (Å²) in [5.41, 5.74) is -0.842. The zero-order valence-corrected chi connectivity index (χ0v) is 11.2. The van der Waals surface area contributed by atoms with Crippen LogP contribution in [0.5, 0.6) is 0 Å². The zero-order chi connectivity index (χ0) is 14.9. The van der Waals surface area contributed by atoms with Crippen molar-refractivity contribution in [3.63, 3.8) is 0 Å². The second-order valence-corrected chi connectivity index (χ2v) is 4.59. The molecule has 1 fully saturated rings. The van der Waals surface area contributed by atoms with Gasteiger partial charge in [-0.2, -0.15) is 0 Å². The molecule has 0 aromatic carbocycles. The Morgan fingerprint density at radius 2 is 2.20 bits per heavy atom. The molecule has 1 aliphatic rings. The normalized spacial score (nSPS) is 25.3. The van der Waals surface area contributed by atoms with E-state index >= 15 is 0 Å². The second-order valence-electron chi connectivity index (χ2n) is 4.59. The van der Waals surface area contributed by atoms with Crippen molar-refractivity contribution in [2.45, 2.75) is 31.8 Å². The molecule has 1 aromatic heterocycles. The van der Waals surface area contributed by atoms with Crippen LogP contribution >= 0.6 is 0 Å². The van der Waals surface area contributed by atoms with E-state index in [-0.39, 0.29) is 18.6 Å². The minimum absolute atomic E-state index is 0.169. The molecule has 0 amide bonds. The number of aliphatic hydroxyl groups excluding tert-OH is 2. The number of hydrogen-bond donors (Lipinski definition) is 2. The highest BCUT2D eigenvalue weighted by Gasteiger charge is 2.35. The predicted molar refractivity (Wildman–Crippen MR) is 70.1 cm³/mol. The van der Waals surface area contributed by atoms with Crippen molar-refractivity contribution in [3.05, 3.63) is 32.6 Å². The third-order valence-corrected chi connectivity index (χ3v) is 3.27. The molecule has 3 unspecified atom stereocenters. The molecule has 2 heterocycles. The Balaban J connectivity index is 2.50. The van der Waals surface area contributed by atoms with Crippen LogP contribution in [0.4, 0.5) is 0 Å². The van der Waals surface area contributed by atoms with Crippen molar-refractivity contribution in [2.24, 2.45) is 7.05 Å². The number of hydrogen-bond acceptors (Lipinski definition) is 5. The molecule has 3 atom stereocenters. The van der Waals surface area contributed by atoms with E-state index < -0.39 is 29.7 Å². The molecular weight excluding hydrogens is 264 g/mol. The van der Waals surface area contributed by atoms with Crippen molar-refractivity contribution in [1.82, 2.24) is 9.13 Å². The highest BCUT2D eigenvalue weighted by atomic mass is 16.5. The fraction of sp³-hybridized carbons (Fsp3) is 0.538. The van der Waals surface area contributed by atoms with Gasteiger partial charge in [0, 0.05) is 19.7 Å². The van der Waals surface area contributed by atoms with Crippen LogP contribution in [-0.4, -0.2) is 38.2 Å². The maximum absolute atomic E-state index is 12.1. The summed E-state index contributed by atoms with van der Waals surface area (Å²) in [5, 5.41) is 18.8. The molecule has 1 saturated heterocycles. The second kappa shape index (κ2) is 5.63. The van der Waals surface area contributed by atoms with Gasteiger partial charge in [0.25, 0.3) is 5.56 Å². The molecule has 1 aliphatic heterocycles. The molecule has 7 heteroatoms. The van der Waals surface area contributed by atoms with Gasteiger partial charge >= 0.3 is 5.69 Å². The number of rotatable bonds is 2. The van der Waals surface area contributed by atoms with E-state index in [4.69, 9.17) is 9.84 Å². The predicted octanol–water partition coefficient (Wildman–Crippen LogP) is -1.44. The minimum atomic E-state index is -0.852. The van der Waals surface area contributed by atoms with E-state index in [0.29, 0.717) is 0 Å². The average Bonchev–Trinajstić information content (AvgIpc) is 2.80. The number of aromatic nitrogens is 2. The molecule has 0 bridgehead atoms. The maximum Gasteiger partial charge on any atom is 0.332 e. The molecule has 108 valence electrons. The van der Waals surface area contributed by atoms with Gasteiger partial charge in [-0.3, -0.25) is 13.9 Å². The molecular formula is C13H16N2O5. The molecule has 2 rings (SSSR count). The molecule has 0 aliphatic carbocycles. The third-order valence-electron chi connectivity index (χ3n) is 3.27. The Kier molecular flexibility index (Phi) is 4.09. The summed E-state index contributed by atoms with van der Waals surface area (Å²) < 4.78 is 7.59. The summed E-state index contributed by atoms with van der Waals surface area (Å²) in [7, 11) is 1.36. The quantitative estimate of drug-likeness (QED) is 0.647. The fourth-order valence-electron chi connectivity index (χ4n) is 2.17. The first-order valence-electron chi connectivity index (χ1n) is 6.19. The van der Waals surface area contributed by atoms with Crippen molar-refractivity contribution in [2.75, 3.05) is 6.61 Å². The SMILES string of the molecule is CC#Cc1cn(C2CC(O)C(CO)O2)c(=O)n(C)c1=O. The highest BCUT2D eigenvalue weighted by molar-refractivity contribution is 5.29. The summed E-state index contributed by atoms with van der Waals surface area (Å²) >= 11 is 0. The smallest absolute Gasteiger partial charge is 0.332 e. The molecule has 0 radical (unpaired) electrons. The van der Waals surface area contributed by atoms with E-state index in [1.807, 2.05) is 0 Å². The monoisotopic (exact) mass is 280 g/mol. The third kappa shape index (κ3) is 2.41. The van der Waals surface area contributed by atoms with Gasteiger partial charge in [-0.05, 0) is 6.92 Å². The van der Waals surface area contributed by atoms with Gasteiger partial charge in [0.15, 0.2) is 0 Å². The van der Waals surface area contributed by atoms with Gasteiger partial charge in [0.2, 0.25) is 0 Å². The van der Waals surface area contributed by atoms with Crippen molar-refractivity contribution in [3.8, 4) is 11.8 Å². The van der Waals surface area contributed by atoms with Crippen LogP contribution in [0.1, 0.15) is 25.1 Å². The van der Waals surface area contributed by atoms with Crippen molar-refractivity contribution in [1.29, 1.82) is 0 Å². The standard InChI is InChI=1S/C13H16N2O5/c1-3-4-8-6-15(13(19)14(2)12(8)18)11-5-9(17)10(7-16)20-11/h6,9-11,16-17H,5,7H2,1-2H3. The Labute approximate surface area is 115 Å². The van der Waals surface area contributed by atoms with Gasteiger partial charge in [-0.25, -0.2) is 4.79 Å². The first kappa shape index (κ1) is 14.5. The molecule has 7 nitrogen and oxygen atoms in total. The van der Waals surface area contributed by atoms with Crippen molar-refractivity contribution < 1.29 is 14.9 Å². The summed E-state index contributed by atoms with van der Waals surface area (Å²) in [4.78, 5) is 23.9. The van der Waals surface area contributed by atoms with Crippen LogP contribution in [0.15, 0.2) is 15.8 Å². The highest BCUT2D eigenvalue weighted by Crippen LogP contribution is 2.27. The maximum atomic E-state index is 12.1. The van der Waals surface area contributed by atoms with E-state index in [1.54, 1.807) is 6.92 Å². The first-order valence-corrected chi connectivity index (χ1v) is 6.19. The molecule has 0 saturated carbocycles. The first-order chi connectivity index (χ1) is 9.49. The van der Waals surface area contributed by atoms with Gasteiger partial charge in [-0.1, -0.05) is 5.92 Å². The van der Waals surface area contributed by atoms with Crippen LogP contribution < -0.4 is 11.2 Å². The van der Waals surface area contributed by atoms with Crippen molar-refractivity contribution >= 4 is 0 Å². The molecule has 20 heavy (non-hydrogen) atoms. The molecule has 0 spiro atoms. The number of ether oxygens (including phenoxy) is 1. The number of aliphatic hydroxyl groups is 2. The summed E-state index contributed by atoms with van der Waals surface area (Å²) in [6.45, 7) is 1.26.